The summed E-state index contributed by atoms with van der Waals surface area (Å²) in [4.78, 5) is 2.51. The van der Waals surface area contributed by atoms with Crippen LogP contribution in [0.3, 0.4) is 0 Å². The fraction of sp³-hybridized carbons (Fsp3) is 0.538. The van der Waals surface area contributed by atoms with Crippen molar-refractivity contribution in [1.29, 1.82) is 0 Å². The van der Waals surface area contributed by atoms with Gasteiger partial charge in [0.1, 0.15) is 0 Å². The van der Waals surface area contributed by atoms with Gasteiger partial charge in [-0.15, -0.1) is 0 Å². The van der Waals surface area contributed by atoms with E-state index < -0.39 is 0 Å². The lowest BCUT2D eigenvalue weighted by molar-refractivity contribution is 0.397. The zero-order chi connectivity index (χ0) is 10.3. The van der Waals surface area contributed by atoms with E-state index in [1.165, 1.54) is 24.1 Å². The van der Waals surface area contributed by atoms with Gasteiger partial charge in [-0.25, -0.2) is 0 Å². The molecular weight excluding hydrogens is 186 g/mol. The lowest BCUT2D eigenvalue weighted by Crippen LogP contribution is -2.39. The predicted octanol–water partition coefficient (Wildman–Crippen LogP) is 2.23. The van der Waals surface area contributed by atoms with E-state index in [2.05, 4.69) is 36.1 Å². The fourth-order valence-corrected chi connectivity index (χ4v) is 2.43. The van der Waals surface area contributed by atoms with E-state index in [0.717, 1.165) is 13.2 Å². The van der Waals surface area contributed by atoms with Crippen LogP contribution in [-0.2, 0) is 11.2 Å². The average Bonchev–Trinajstić information content (AvgIpc) is 3.06. The summed E-state index contributed by atoms with van der Waals surface area (Å²) in [5.41, 5.74) is 2.92. The van der Waals surface area contributed by atoms with E-state index in [1.54, 1.807) is 0 Å². The Morgan fingerprint density at radius 3 is 3.00 bits per heavy atom. The van der Waals surface area contributed by atoms with Gasteiger partial charge in [-0.05, 0) is 31.4 Å². The maximum absolute atomic E-state index is 5.33. The van der Waals surface area contributed by atoms with Crippen LogP contribution in [0.15, 0.2) is 24.3 Å². The van der Waals surface area contributed by atoms with Crippen molar-refractivity contribution in [2.45, 2.75) is 31.9 Å². The van der Waals surface area contributed by atoms with E-state index in [-0.39, 0.29) is 0 Å². The Kier molecular flexibility index (Phi) is 2.17. The van der Waals surface area contributed by atoms with E-state index in [4.69, 9.17) is 4.74 Å². The van der Waals surface area contributed by atoms with Gasteiger partial charge in [0, 0.05) is 18.3 Å². The number of hydrogen-bond acceptors (Lipinski definition) is 2. The van der Waals surface area contributed by atoms with E-state index >= 15 is 0 Å². The van der Waals surface area contributed by atoms with Crippen LogP contribution in [0.4, 0.5) is 5.69 Å². The molecule has 1 aromatic carbocycles. The number of fused-ring (bicyclic) bond motifs is 1. The molecule has 0 bridgehead atoms. The highest BCUT2D eigenvalue weighted by Crippen LogP contribution is 2.31. The normalized spacial score (nSPS) is 28.7. The number of rotatable bonds is 2. The first-order chi connectivity index (χ1) is 7.34. The standard InChI is InChI=1S/C13H17NO/c1-10-6-7-11-4-2-3-5-13(11)14(10)8-12-9-15-12/h2-5,10,12H,6-9H2,1H3. The number of benzene rings is 1. The van der Waals surface area contributed by atoms with Gasteiger partial charge in [0.25, 0.3) is 0 Å². The van der Waals surface area contributed by atoms with Gasteiger partial charge < -0.3 is 9.64 Å². The summed E-state index contributed by atoms with van der Waals surface area (Å²) < 4.78 is 5.33. The van der Waals surface area contributed by atoms with E-state index in [9.17, 15) is 0 Å². The molecule has 0 saturated carbocycles. The first-order valence-corrected chi connectivity index (χ1v) is 5.81. The van der Waals surface area contributed by atoms with Gasteiger partial charge in [0.2, 0.25) is 0 Å². The molecule has 2 heteroatoms. The number of aryl methyl sites for hydroxylation is 1. The summed E-state index contributed by atoms with van der Waals surface area (Å²) in [5, 5.41) is 0. The molecule has 2 nitrogen and oxygen atoms in total. The molecule has 0 spiro atoms. The third kappa shape index (κ3) is 1.74. The summed E-state index contributed by atoms with van der Waals surface area (Å²) in [7, 11) is 0. The Hall–Kier alpha value is -1.02. The molecule has 1 saturated heterocycles. The second-order valence-corrected chi connectivity index (χ2v) is 4.62. The van der Waals surface area contributed by atoms with Crippen molar-refractivity contribution < 1.29 is 4.74 Å². The molecule has 15 heavy (non-hydrogen) atoms. The molecule has 0 radical (unpaired) electrons. The molecule has 2 aliphatic rings. The van der Waals surface area contributed by atoms with Crippen molar-refractivity contribution >= 4 is 5.69 Å². The number of hydrogen-bond donors (Lipinski definition) is 0. The predicted molar refractivity (Wildman–Crippen MR) is 61.3 cm³/mol. The molecule has 2 unspecified atom stereocenters. The minimum Gasteiger partial charge on any atom is -0.371 e. The highest BCUT2D eigenvalue weighted by molar-refractivity contribution is 5.56. The maximum Gasteiger partial charge on any atom is 0.0984 e. The summed E-state index contributed by atoms with van der Waals surface area (Å²) in [6, 6.07) is 9.43. The largest absolute Gasteiger partial charge is 0.371 e. The quantitative estimate of drug-likeness (QED) is 0.685. The number of epoxide rings is 1. The summed E-state index contributed by atoms with van der Waals surface area (Å²) in [5.74, 6) is 0. The number of nitrogens with zero attached hydrogens (tertiary/aromatic N) is 1. The first-order valence-electron chi connectivity index (χ1n) is 5.81. The average molecular weight is 203 g/mol. The zero-order valence-electron chi connectivity index (χ0n) is 9.15. The third-order valence-corrected chi connectivity index (χ3v) is 3.47. The topological polar surface area (TPSA) is 15.8 Å². The molecule has 0 aromatic heterocycles. The van der Waals surface area contributed by atoms with Gasteiger partial charge in [0.15, 0.2) is 0 Å². The first kappa shape index (κ1) is 9.22. The Labute approximate surface area is 90.8 Å². The Morgan fingerprint density at radius 2 is 2.20 bits per heavy atom. The van der Waals surface area contributed by atoms with Crippen molar-refractivity contribution in [3.8, 4) is 0 Å². The van der Waals surface area contributed by atoms with Crippen LogP contribution in [0.25, 0.3) is 0 Å². The fourth-order valence-electron chi connectivity index (χ4n) is 2.43. The van der Waals surface area contributed by atoms with Gasteiger partial charge in [-0.1, -0.05) is 18.2 Å². The van der Waals surface area contributed by atoms with Gasteiger partial charge >= 0.3 is 0 Å². The summed E-state index contributed by atoms with van der Waals surface area (Å²) >= 11 is 0. The van der Waals surface area contributed by atoms with Crippen molar-refractivity contribution in [2.75, 3.05) is 18.1 Å². The van der Waals surface area contributed by atoms with Crippen LogP contribution in [0.5, 0.6) is 0 Å². The van der Waals surface area contributed by atoms with Crippen LogP contribution >= 0.6 is 0 Å². The molecule has 1 fully saturated rings. The summed E-state index contributed by atoms with van der Waals surface area (Å²) in [6.07, 6.45) is 2.97. The molecule has 0 aliphatic carbocycles. The Balaban J connectivity index is 1.90. The van der Waals surface area contributed by atoms with Gasteiger partial charge in [0.05, 0.1) is 12.7 Å². The molecule has 0 N–H and O–H groups in total. The molecule has 3 rings (SSSR count). The van der Waals surface area contributed by atoms with Gasteiger partial charge in [-0.2, -0.15) is 0 Å². The molecule has 2 atom stereocenters. The summed E-state index contributed by atoms with van der Waals surface area (Å²) in [6.45, 7) is 4.34. The van der Waals surface area contributed by atoms with Crippen molar-refractivity contribution in [2.24, 2.45) is 0 Å². The monoisotopic (exact) mass is 203 g/mol. The van der Waals surface area contributed by atoms with Crippen LogP contribution in [-0.4, -0.2) is 25.3 Å². The van der Waals surface area contributed by atoms with Crippen LogP contribution in [0, 0.1) is 0 Å². The number of ether oxygens (including phenoxy) is 1. The zero-order valence-corrected chi connectivity index (χ0v) is 9.15. The van der Waals surface area contributed by atoms with Crippen molar-refractivity contribution in [3.63, 3.8) is 0 Å². The van der Waals surface area contributed by atoms with Crippen LogP contribution < -0.4 is 4.90 Å². The van der Waals surface area contributed by atoms with Crippen LogP contribution in [0.2, 0.25) is 0 Å². The number of para-hydroxylation sites is 1. The molecule has 80 valence electrons. The molecule has 0 amide bonds. The highest BCUT2D eigenvalue weighted by Gasteiger charge is 2.30. The minimum absolute atomic E-state index is 0.485. The van der Waals surface area contributed by atoms with E-state index in [1.807, 2.05) is 0 Å². The smallest absolute Gasteiger partial charge is 0.0984 e. The molecular formula is C13H17NO. The Morgan fingerprint density at radius 1 is 1.40 bits per heavy atom. The van der Waals surface area contributed by atoms with Gasteiger partial charge in [-0.3, -0.25) is 0 Å². The van der Waals surface area contributed by atoms with E-state index in [0.29, 0.717) is 12.1 Å². The SMILES string of the molecule is CC1CCc2ccccc2N1CC1CO1. The molecule has 2 heterocycles. The van der Waals surface area contributed by atoms with Crippen molar-refractivity contribution in [1.82, 2.24) is 0 Å². The Bertz CT molecular complexity index is 359. The maximum atomic E-state index is 5.33. The van der Waals surface area contributed by atoms with Crippen LogP contribution in [0.1, 0.15) is 18.9 Å². The number of anilines is 1. The molecule has 1 aromatic rings. The highest BCUT2D eigenvalue weighted by atomic mass is 16.6. The molecule has 2 aliphatic heterocycles. The lowest BCUT2D eigenvalue weighted by atomic mass is 9.96. The van der Waals surface area contributed by atoms with Crippen molar-refractivity contribution in [3.05, 3.63) is 29.8 Å². The minimum atomic E-state index is 0.485. The third-order valence-electron chi connectivity index (χ3n) is 3.47. The lowest BCUT2D eigenvalue weighted by Gasteiger charge is -2.36. The second-order valence-electron chi connectivity index (χ2n) is 4.62. The second kappa shape index (κ2) is 3.53.